The molecular formula is C15H25NOS. The molecule has 18 heavy (non-hydrogen) atoms. The smallest absolute Gasteiger partial charge is 0.0530 e. The van der Waals surface area contributed by atoms with E-state index >= 15 is 0 Å². The van der Waals surface area contributed by atoms with Gasteiger partial charge < -0.3 is 5.32 Å². The molecule has 0 aliphatic heterocycles. The van der Waals surface area contributed by atoms with E-state index in [9.17, 15) is 4.21 Å². The highest BCUT2D eigenvalue weighted by Gasteiger charge is 2.09. The Morgan fingerprint density at radius 1 is 1.17 bits per heavy atom. The van der Waals surface area contributed by atoms with Crippen LogP contribution in [0.1, 0.15) is 38.3 Å². The first-order valence-electron chi connectivity index (χ1n) is 6.50. The van der Waals surface area contributed by atoms with Crippen LogP contribution in [-0.2, 0) is 10.8 Å². The maximum absolute atomic E-state index is 12.1. The van der Waals surface area contributed by atoms with Crippen molar-refractivity contribution in [2.45, 2.75) is 51.5 Å². The lowest BCUT2D eigenvalue weighted by Gasteiger charge is -2.20. The van der Waals surface area contributed by atoms with Gasteiger partial charge in [-0.3, -0.25) is 4.21 Å². The second-order valence-electron chi connectivity index (χ2n) is 5.83. The van der Waals surface area contributed by atoms with Crippen LogP contribution in [0.4, 0.5) is 0 Å². The van der Waals surface area contributed by atoms with E-state index < -0.39 is 10.8 Å². The van der Waals surface area contributed by atoms with Gasteiger partial charge in [-0.1, -0.05) is 6.07 Å². The van der Waals surface area contributed by atoms with Gasteiger partial charge in [-0.15, -0.1) is 0 Å². The van der Waals surface area contributed by atoms with E-state index in [-0.39, 0.29) is 5.54 Å². The Labute approximate surface area is 114 Å². The maximum atomic E-state index is 12.1. The average Bonchev–Trinajstić information content (AvgIpc) is 2.26. The van der Waals surface area contributed by atoms with E-state index in [2.05, 4.69) is 46.0 Å². The third kappa shape index (κ3) is 5.32. The maximum Gasteiger partial charge on any atom is 0.0530 e. The van der Waals surface area contributed by atoms with E-state index in [1.165, 1.54) is 11.1 Å². The summed E-state index contributed by atoms with van der Waals surface area (Å²) in [6, 6.07) is 6.08. The van der Waals surface area contributed by atoms with Crippen LogP contribution in [0.3, 0.4) is 0 Å². The molecule has 0 saturated carbocycles. The molecular weight excluding hydrogens is 242 g/mol. The molecule has 1 rings (SSSR count). The minimum atomic E-state index is -0.870. The average molecular weight is 267 g/mol. The minimum absolute atomic E-state index is 0.141. The zero-order valence-electron chi connectivity index (χ0n) is 12.2. The predicted octanol–water partition coefficient (Wildman–Crippen LogP) is 3.19. The third-order valence-electron chi connectivity index (χ3n) is 2.90. The zero-order chi connectivity index (χ0) is 13.8. The molecule has 0 aliphatic carbocycles. The standard InChI is InChI=1S/C15H25NOS/c1-12-7-8-14(11-13(12)2)18(17)10-6-9-16-15(3,4)5/h7-8,11,16H,6,9-10H2,1-5H3. The van der Waals surface area contributed by atoms with Gasteiger partial charge in [0.1, 0.15) is 0 Å². The topological polar surface area (TPSA) is 29.1 Å². The molecule has 3 heteroatoms. The molecule has 0 heterocycles. The Balaban J connectivity index is 2.43. The van der Waals surface area contributed by atoms with Gasteiger partial charge in [0.25, 0.3) is 0 Å². The lowest BCUT2D eigenvalue weighted by Crippen LogP contribution is -2.36. The van der Waals surface area contributed by atoms with E-state index in [0.717, 1.165) is 23.6 Å². The van der Waals surface area contributed by atoms with Crippen LogP contribution < -0.4 is 5.32 Å². The van der Waals surface area contributed by atoms with Crippen LogP contribution >= 0.6 is 0 Å². The van der Waals surface area contributed by atoms with Crippen LogP contribution in [-0.4, -0.2) is 22.0 Å². The summed E-state index contributed by atoms with van der Waals surface area (Å²) in [5, 5.41) is 3.41. The van der Waals surface area contributed by atoms with Gasteiger partial charge in [0.15, 0.2) is 0 Å². The van der Waals surface area contributed by atoms with Crippen molar-refractivity contribution in [3.05, 3.63) is 29.3 Å². The summed E-state index contributed by atoms with van der Waals surface area (Å²) in [5.41, 5.74) is 2.61. The van der Waals surface area contributed by atoms with Crippen molar-refractivity contribution in [1.82, 2.24) is 5.32 Å². The van der Waals surface area contributed by atoms with Gasteiger partial charge in [0, 0.05) is 16.2 Å². The first-order valence-corrected chi connectivity index (χ1v) is 7.82. The fourth-order valence-corrected chi connectivity index (χ4v) is 2.81. The van der Waals surface area contributed by atoms with Crippen LogP contribution in [0.5, 0.6) is 0 Å². The number of rotatable bonds is 5. The Bertz CT molecular complexity index is 421. The van der Waals surface area contributed by atoms with Crippen molar-refractivity contribution in [3.63, 3.8) is 0 Å². The molecule has 0 aromatic heterocycles. The fraction of sp³-hybridized carbons (Fsp3) is 0.600. The first-order chi connectivity index (χ1) is 8.29. The van der Waals surface area contributed by atoms with Crippen LogP contribution in [0.25, 0.3) is 0 Å². The molecule has 1 N–H and O–H groups in total. The lowest BCUT2D eigenvalue weighted by atomic mass is 10.1. The molecule has 0 aliphatic rings. The quantitative estimate of drug-likeness (QED) is 0.830. The van der Waals surface area contributed by atoms with Crippen LogP contribution in [0.15, 0.2) is 23.1 Å². The lowest BCUT2D eigenvalue weighted by molar-refractivity contribution is 0.427. The molecule has 1 aromatic carbocycles. The van der Waals surface area contributed by atoms with Gasteiger partial charge >= 0.3 is 0 Å². The highest BCUT2D eigenvalue weighted by Crippen LogP contribution is 2.14. The number of benzene rings is 1. The zero-order valence-corrected chi connectivity index (χ0v) is 13.0. The van der Waals surface area contributed by atoms with E-state index in [4.69, 9.17) is 0 Å². The molecule has 0 spiro atoms. The second kappa shape index (κ2) is 6.48. The number of hydrogen-bond donors (Lipinski definition) is 1. The summed E-state index contributed by atoms with van der Waals surface area (Å²) >= 11 is 0. The van der Waals surface area contributed by atoms with E-state index in [0.29, 0.717) is 0 Å². The Kier molecular flexibility index (Phi) is 5.54. The summed E-state index contributed by atoms with van der Waals surface area (Å²) < 4.78 is 12.1. The Hall–Kier alpha value is -0.670. The molecule has 0 bridgehead atoms. The summed E-state index contributed by atoms with van der Waals surface area (Å²) in [4.78, 5) is 0.953. The highest BCUT2D eigenvalue weighted by molar-refractivity contribution is 7.85. The Morgan fingerprint density at radius 3 is 2.39 bits per heavy atom. The van der Waals surface area contributed by atoms with Crippen molar-refractivity contribution in [1.29, 1.82) is 0 Å². The molecule has 0 amide bonds. The third-order valence-corrected chi connectivity index (χ3v) is 4.34. The number of aryl methyl sites for hydroxylation is 2. The summed E-state index contributed by atoms with van der Waals surface area (Å²) in [7, 11) is -0.870. The van der Waals surface area contributed by atoms with Gasteiger partial charge in [-0.05, 0) is 70.8 Å². The van der Waals surface area contributed by atoms with Gasteiger partial charge in [0.2, 0.25) is 0 Å². The largest absolute Gasteiger partial charge is 0.312 e. The monoisotopic (exact) mass is 267 g/mol. The molecule has 102 valence electrons. The van der Waals surface area contributed by atoms with Crippen LogP contribution in [0, 0.1) is 13.8 Å². The van der Waals surface area contributed by atoms with Gasteiger partial charge in [0.05, 0.1) is 10.8 Å². The normalized spacial score (nSPS) is 13.6. The number of nitrogens with one attached hydrogen (secondary N) is 1. The molecule has 1 unspecified atom stereocenters. The van der Waals surface area contributed by atoms with Crippen molar-refractivity contribution in [2.75, 3.05) is 12.3 Å². The molecule has 1 atom stereocenters. The molecule has 2 nitrogen and oxygen atoms in total. The highest BCUT2D eigenvalue weighted by atomic mass is 32.2. The minimum Gasteiger partial charge on any atom is -0.312 e. The van der Waals surface area contributed by atoms with E-state index in [1.807, 2.05) is 12.1 Å². The first kappa shape index (κ1) is 15.4. The van der Waals surface area contributed by atoms with Crippen molar-refractivity contribution >= 4 is 10.8 Å². The molecule has 0 saturated heterocycles. The van der Waals surface area contributed by atoms with Crippen LogP contribution in [0.2, 0.25) is 0 Å². The summed E-state index contributed by atoms with van der Waals surface area (Å²) in [6.07, 6.45) is 0.941. The molecule has 0 fully saturated rings. The number of hydrogen-bond acceptors (Lipinski definition) is 2. The van der Waals surface area contributed by atoms with Crippen molar-refractivity contribution in [2.24, 2.45) is 0 Å². The Morgan fingerprint density at radius 2 is 1.83 bits per heavy atom. The second-order valence-corrected chi connectivity index (χ2v) is 7.40. The van der Waals surface area contributed by atoms with Crippen molar-refractivity contribution < 1.29 is 4.21 Å². The molecule has 0 radical (unpaired) electrons. The van der Waals surface area contributed by atoms with Crippen molar-refractivity contribution in [3.8, 4) is 0 Å². The van der Waals surface area contributed by atoms with Gasteiger partial charge in [-0.2, -0.15) is 0 Å². The molecule has 1 aromatic rings. The fourth-order valence-electron chi connectivity index (χ4n) is 1.64. The summed E-state index contributed by atoms with van der Waals surface area (Å²) in [5.74, 6) is 0.728. The summed E-state index contributed by atoms with van der Waals surface area (Å²) in [6.45, 7) is 11.5. The van der Waals surface area contributed by atoms with E-state index in [1.54, 1.807) is 0 Å². The SMILES string of the molecule is Cc1ccc(S(=O)CCCNC(C)(C)C)cc1C. The van der Waals surface area contributed by atoms with Gasteiger partial charge in [-0.25, -0.2) is 0 Å². The predicted molar refractivity (Wildman–Crippen MR) is 79.6 cm³/mol.